The smallest absolute Gasteiger partial charge is 0.326 e. The van der Waals surface area contributed by atoms with Crippen LogP contribution in [0.4, 0.5) is 5.69 Å². The number of H-pyrrole nitrogens is 1. The minimum Gasteiger partial charge on any atom is -0.388 e. The fourth-order valence-electron chi connectivity index (χ4n) is 1.38. The second kappa shape index (κ2) is 2.65. The lowest BCUT2D eigenvalue weighted by molar-refractivity contribution is 0.892. The van der Waals surface area contributed by atoms with Gasteiger partial charge in [-0.2, -0.15) is 0 Å². The molecule has 0 amide bonds. The maximum absolute atomic E-state index is 11.2. The SMILES string of the molecule is CNc1ccc2[nH]c(=O)n(C)c2c1. The zero-order valence-corrected chi connectivity index (χ0v) is 7.59. The molecule has 4 nitrogen and oxygen atoms in total. The van der Waals surface area contributed by atoms with E-state index in [1.54, 1.807) is 11.6 Å². The number of imidazole rings is 1. The molecular formula is C9H11N3O. The highest BCUT2D eigenvalue weighted by atomic mass is 16.1. The minimum absolute atomic E-state index is 0.0803. The summed E-state index contributed by atoms with van der Waals surface area (Å²) in [6, 6.07) is 5.76. The average molecular weight is 177 g/mol. The van der Waals surface area contributed by atoms with Gasteiger partial charge >= 0.3 is 5.69 Å². The summed E-state index contributed by atoms with van der Waals surface area (Å²) in [4.78, 5) is 14.0. The lowest BCUT2D eigenvalue weighted by Crippen LogP contribution is -2.11. The summed E-state index contributed by atoms with van der Waals surface area (Å²) in [5.41, 5.74) is 2.70. The van der Waals surface area contributed by atoms with Crippen LogP contribution in [0.15, 0.2) is 23.0 Å². The zero-order chi connectivity index (χ0) is 9.42. The van der Waals surface area contributed by atoms with E-state index in [-0.39, 0.29) is 5.69 Å². The first-order valence-electron chi connectivity index (χ1n) is 4.09. The molecule has 0 saturated heterocycles. The first kappa shape index (κ1) is 7.91. The maximum Gasteiger partial charge on any atom is 0.326 e. The van der Waals surface area contributed by atoms with Gasteiger partial charge in [0.05, 0.1) is 11.0 Å². The largest absolute Gasteiger partial charge is 0.388 e. The van der Waals surface area contributed by atoms with Gasteiger partial charge in [-0.1, -0.05) is 0 Å². The molecule has 0 radical (unpaired) electrons. The molecule has 0 fully saturated rings. The molecule has 68 valence electrons. The summed E-state index contributed by atoms with van der Waals surface area (Å²) in [6.45, 7) is 0. The lowest BCUT2D eigenvalue weighted by atomic mass is 10.3. The third kappa shape index (κ3) is 1.11. The Bertz CT molecular complexity index is 495. The summed E-state index contributed by atoms with van der Waals surface area (Å²) in [7, 11) is 3.60. The molecule has 1 aromatic heterocycles. The Kier molecular flexibility index (Phi) is 1.62. The van der Waals surface area contributed by atoms with Crippen molar-refractivity contribution in [2.24, 2.45) is 7.05 Å². The molecule has 2 rings (SSSR count). The molecule has 2 N–H and O–H groups in total. The topological polar surface area (TPSA) is 49.8 Å². The Morgan fingerprint density at radius 2 is 2.23 bits per heavy atom. The van der Waals surface area contributed by atoms with Crippen molar-refractivity contribution in [3.63, 3.8) is 0 Å². The van der Waals surface area contributed by atoms with Crippen LogP contribution in [-0.4, -0.2) is 16.6 Å². The molecule has 0 aliphatic carbocycles. The van der Waals surface area contributed by atoms with Gasteiger partial charge in [-0.05, 0) is 18.2 Å². The quantitative estimate of drug-likeness (QED) is 0.680. The van der Waals surface area contributed by atoms with Crippen LogP contribution in [0.2, 0.25) is 0 Å². The third-order valence-electron chi connectivity index (χ3n) is 2.19. The fraction of sp³-hybridized carbons (Fsp3) is 0.222. The van der Waals surface area contributed by atoms with Gasteiger partial charge in [0.15, 0.2) is 0 Å². The molecule has 0 spiro atoms. The molecule has 0 aliphatic heterocycles. The molecule has 0 saturated carbocycles. The van der Waals surface area contributed by atoms with Crippen molar-refractivity contribution in [3.8, 4) is 0 Å². The fourth-order valence-corrected chi connectivity index (χ4v) is 1.38. The lowest BCUT2D eigenvalue weighted by Gasteiger charge is -1.99. The van der Waals surface area contributed by atoms with Crippen LogP contribution in [0.25, 0.3) is 11.0 Å². The number of fused-ring (bicyclic) bond motifs is 1. The number of nitrogens with one attached hydrogen (secondary N) is 2. The van der Waals surface area contributed by atoms with E-state index in [4.69, 9.17) is 0 Å². The van der Waals surface area contributed by atoms with E-state index < -0.39 is 0 Å². The first-order chi connectivity index (χ1) is 6.22. The predicted molar refractivity (Wildman–Crippen MR) is 53.1 cm³/mol. The predicted octanol–water partition coefficient (Wildman–Crippen LogP) is 0.908. The summed E-state index contributed by atoms with van der Waals surface area (Å²) < 4.78 is 1.59. The highest BCUT2D eigenvalue weighted by molar-refractivity contribution is 5.79. The summed E-state index contributed by atoms with van der Waals surface area (Å²) in [6.07, 6.45) is 0. The van der Waals surface area contributed by atoms with Crippen molar-refractivity contribution in [3.05, 3.63) is 28.7 Å². The molecule has 0 bridgehead atoms. The summed E-state index contributed by atoms with van der Waals surface area (Å²) >= 11 is 0. The van der Waals surface area contributed by atoms with Crippen molar-refractivity contribution in [2.75, 3.05) is 12.4 Å². The Morgan fingerprint density at radius 3 is 2.92 bits per heavy atom. The van der Waals surface area contributed by atoms with E-state index in [1.165, 1.54) is 0 Å². The highest BCUT2D eigenvalue weighted by Gasteiger charge is 2.02. The number of nitrogens with zero attached hydrogens (tertiary/aromatic N) is 1. The number of hydrogen-bond acceptors (Lipinski definition) is 2. The molecule has 13 heavy (non-hydrogen) atoms. The van der Waals surface area contributed by atoms with Crippen molar-refractivity contribution in [1.29, 1.82) is 0 Å². The van der Waals surface area contributed by atoms with Crippen LogP contribution in [0.5, 0.6) is 0 Å². The highest BCUT2D eigenvalue weighted by Crippen LogP contribution is 2.14. The Balaban J connectivity index is 2.82. The normalized spacial score (nSPS) is 10.6. The van der Waals surface area contributed by atoms with E-state index in [1.807, 2.05) is 25.2 Å². The van der Waals surface area contributed by atoms with Gasteiger partial charge < -0.3 is 10.3 Å². The first-order valence-corrected chi connectivity index (χ1v) is 4.09. The number of benzene rings is 1. The zero-order valence-electron chi connectivity index (χ0n) is 7.59. The van der Waals surface area contributed by atoms with E-state index in [9.17, 15) is 4.79 Å². The molecule has 0 unspecified atom stereocenters. The molecule has 4 heteroatoms. The van der Waals surface area contributed by atoms with Gasteiger partial charge in [0.1, 0.15) is 0 Å². The Hall–Kier alpha value is -1.71. The monoisotopic (exact) mass is 177 g/mol. The van der Waals surface area contributed by atoms with Crippen LogP contribution in [-0.2, 0) is 7.05 Å². The van der Waals surface area contributed by atoms with Crippen molar-refractivity contribution in [1.82, 2.24) is 9.55 Å². The number of aryl methyl sites for hydroxylation is 1. The van der Waals surface area contributed by atoms with Gasteiger partial charge in [0, 0.05) is 19.8 Å². The van der Waals surface area contributed by atoms with Gasteiger partial charge in [0.2, 0.25) is 0 Å². The van der Waals surface area contributed by atoms with E-state index in [0.717, 1.165) is 16.7 Å². The molecular weight excluding hydrogens is 166 g/mol. The molecule has 0 aliphatic rings. The number of aromatic amines is 1. The van der Waals surface area contributed by atoms with Gasteiger partial charge in [-0.25, -0.2) is 4.79 Å². The Labute approximate surface area is 75.2 Å². The molecule has 0 atom stereocenters. The molecule has 2 aromatic rings. The van der Waals surface area contributed by atoms with Crippen LogP contribution in [0, 0.1) is 0 Å². The molecule has 1 aromatic carbocycles. The molecule has 1 heterocycles. The summed E-state index contributed by atoms with van der Waals surface area (Å²) in [5, 5.41) is 3.03. The number of anilines is 1. The van der Waals surface area contributed by atoms with Crippen LogP contribution >= 0.6 is 0 Å². The van der Waals surface area contributed by atoms with Crippen LogP contribution in [0.1, 0.15) is 0 Å². The second-order valence-corrected chi connectivity index (χ2v) is 2.97. The maximum atomic E-state index is 11.2. The second-order valence-electron chi connectivity index (χ2n) is 2.97. The van der Waals surface area contributed by atoms with Crippen molar-refractivity contribution in [2.45, 2.75) is 0 Å². The number of hydrogen-bond donors (Lipinski definition) is 2. The van der Waals surface area contributed by atoms with Crippen LogP contribution in [0.3, 0.4) is 0 Å². The number of aromatic nitrogens is 2. The minimum atomic E-state index is -0.0803. The van der Waals surface area contributed by atoms with Gasteiger partial charge in [0.25, 0.3) is 0 Å². The Morgan fingerprint density at radius 1 is 1.46 bits per heavy atom. The van der Waals surface area contributed by atoms with Crippen molar-refractivity contribution >= 4 is 16.7 Å². The average Bonchev–Trinajstić information content (AvgIpc) is 2.43. The third-order valence-corrected chi connectivity index (χ3v) is 2.19. The van der Waals surface area contributed by atoms with Crippen LogP contribution < -0.4 is 11.0 Å². The van der Waals surface area contributed by atoms with E-state index in [2.05, 4.69) is 10.3 Å². The number of rotatable bonds is 1. The van der Waals surface area contributed by atoms with Crippen molar-refractivity contribution < 1.29 is 0 Å². The van der Waals surface area contributed by atoms with Gasteiger partial charge in [-0.15, -0.1) is 0 Å². The van der Waals surface area contributed by atoms with Gasteiger partial charge in [-0.3, -0.25) is 4.57 Å². The van der Waals surface area contributed by atoms with E-state index in [0.29, 0.717) is 0 Å². The summed E-state index contributed by atoms with van der Waals surface area (Å²) in [5.74, 6) is 0. The van der Waals surface area contributed by atoms with E-state index >= 15 is 0 Å². The standard InChI is InChI=1S/C9H11N3O/c1-10-6-3-4-7-8(5-6)12(2)9(13)11-7/h3-5,10H,1-2H3,(H,11,13).